The fourth-order valence-electron chi connectivity index (χ4n) is 2.46. The first-order valence-corrected chi connectivity index (χ1v) is 6.13. The van der Waals surface area contributed by atoms with Crippen LogP contribution in [0.5, 0.6) is 0 Å². The van der Waals surface area contributed by atoms with Gasteiger partial charge in [-0.25, -0.2) is 0 Å². The van der Waals surface area contributed by atoms with Crippen LogP contribution in [0.4, 0.5) is 0 Å². The normalized spacial score (nSPS) is 23.8. The van der Waals surface area contributed by atoms with Gasteiger partial charge in [-0.1, -0.05) is 34.6 Å². The molecule has 1 saturated heterocycles. The molecule has 0 spiro atoms. The summed E-state index contributed by atoms with van der Waals surface area (Å²) in [5.74, 6) is -0.360. The summed E-state index contributed by atoms with van der Waals surface area (Å²) in [6.45, 7) is 10.7. The van der Waals surface area contributed by atoms with E-state index >= 15 is 0 Å². The third kappa shape index (κ3) is 3.20. The molecule has 0 radical (unpaired) electrons. The Balaban J connectivity index is 2.85. The Labute approximate surface area is 104 Å². The molecule has 1 fully saturated rings. The molecule has 0 aromatic carbocycles. The van der Waals surface area contributed by atoms with E-state index in [-0.39, 0.29) is 16.7 Å². The van der Waals surface area contributed by atoms with E-state index in [0.717, 1.165) is 6.42 Å². The van der Waals surface area contributed by atoms with E-state index in [1.165, 1.54) is 0 Å². The minimum absolute atomic E-state index is 0.0341. The molecule has 0 aliphatic carbocycles. The molecule has 1 rings (SSSR count). The number of nitrogens with two attached hydrogens (primary N) is 1. The number of primary amides is 1. The highest BCUT2D eigenvalue weighted by atomic mass is 16.2. The van der Waals surface area contributed by atoms with Gasteiger partial charge in [0, 0.05) is 13.0 Å². The van der Waals surface area contributed by atoms with Crippen LogP contribution in [0.25, 0.3) is 0 Å². The lowest BCUT2D eigenvalue weighted by molar-refractivity contribution is -0.140. The lowest BCUT2D eigenvalue weighted by Gasteiger charge is -2.31. The van der Waals surface area contributed by atoms with Crippen molar-refractivity contribution in [2.75, 3.05) is 6.54 Å². The van der Waals surface area contributed by atoms with E-state index < -0.39 is 11.9 Å². The Bertz CT molecular complexity index is 329. The minimum atomic E-state index is -0.461. The minimum Gasteiger partial charge on any atom is -0.368 e. The molecule has 98 valence electrons. The van der Waals surface area contributed by atoms with E-state index in [2.05, 4.69) is 0 Å². The van der Waals surface area contributed by atoms with E-state index in [9.17, 15) is 9.59 Å². The van der Waals surface area contributed by atoms with Crippen LogP contribution < -0.4 is 5.73 Å². The monoisotopic (exact) mass is 240 g/mol. The van der Waals surface area contributed by atoms with E-state index in [4.69, 9.17) is 5.73 Å². The number of carbonyl (C=O) groups excluding carboxylic acids is 2. The standard InChI is InChI=1S/C13H24N2O2/c1-12(2,3)8-9(16)15-7-6-13(4,5)10(15)11(14)17/h10H,6-8H2,1-5H3,(H2,14,17)/t10-/m1/s1. The number of rotatable bonds is 2. The summed E-state index contributed by atoms with van der Waals surface area (Å²) in [6.07, 6.45) is 1.28. The van der Waals surface area contributed by atoms with Gasteiger partial charge in [0.1, 0.15) is 6.04 Å². The van der Waals surface area contributed by atoms with Crippen molar-refractivity contribution in [1.82, 2.24) is 4.90 Å². The summed E-state index contributed by atoms with van der Waals surface area (Å²) in [6, 6.07) is -0.461. The van der Waals surface area contributed by atoms with Gasteiger partial charge in [0.05, 0.1) is 0 Å². The molecule has 1 aliphatic rings. The average Bonchev–Trinajstić information content (AvgIpc) is 2.37. The number of hydrogen-bond acceptors (Lipinski definition) is 2. The van der Waals surface area contributed by atoms with Crippen molar-refractivity contribution in [3.05, 3.63) is 0 Å². The van der Waals surface area contributed by atoms with E-state index in [1.54, 1.807) is 4.90 Å². The summed E-state index contributed by atoms with van der Waals surface area (Å²) < 4.78 is 0. The summed E-state index contributed by atoms with van der Waals surface area (Å²) in [5, 5.41) is 0. The molecule has 1 heterocycles. The maximum atomic E-state index is 12.2. The lowest BCUT2D eigenvalue weighted by Crippen LogP contribution is -2.49. The summed E-state index contributed by atoms with van der Waals surface area (Å²) in [7, 11) is 0. The van der Waals surface area contributed by atoms with Gasteiger partial charge in [-0.15, -0.1) is 0 Å². The maximum absolute atomic E-state index is 12.2. The van der Waals surface area contributed by atoms with Crippen LogP contribution in [-0.4, -0.2) is 29.3 Å². The van der Waals surface area contributed by atoms with Crippen LogP contribution >= 0.6 is 0 Å². The van der Waals surface area contributed by atoms with Crippen LogP contribution in [0, 0.1) is 10.8 Å². The van der Waals surface area contributed by atoms with Gasteiger partial charge in [-0.3, -0.25) is 9.59 Å². The van der Waals surface area contributed by atoms with Crippen molar-refractivity contribution in [2.45, 2.75) is 53.5 Å². The van der Waals surface area contributed by atoms with E-state index in [1.807, 2.05) is 34.6 Å². The zero-order chi connectivity index (χ0) is 13.4. The van der Waals surface area contributed by atoms with Gasteiger partial charge in [0.25, 0.3) is 0 Å². The van der Waals surface area contributed by atoms with Crippen molar-refractivity contribution in [1.29, 1.82) is 0 Å². The Morgan fingerprint density at radius 1 is 1.35 bits per heavy atom. The number of likely N-dealkylation sites (tertiary alicyclic amines) is 1. The second-order valence-electron chi connectivity index (χ2n) is 6.87. The van der Waals surface area contributed by atoms with E-state index in [0.29, 0.717) is 13.0 Å². The Morgan fingerprint density at radius 2 is 1.88 bits per heavy atom. The molecule has 0 aromatic heterocycles. The quantitative estimate of drug-likeness (QED) is 0.795. The summed E-state index contributed by atoms with van der Waals surface area (Å²) >= 11 is 0. The van der Waals surface area contributed by atoms with Gasteiger partial charge in [-0.05, 0) is 17.3 Å². The molecule has 0 unspecified atom stereocenters. The zero-order valence-electron chi connectivity index (χ0n) is 11.5. The Kier molecular flexibility index (Phi) is 3.55. The third-order valence-electron chi connectivity index (χ3n) is 3.32. The number of carbonyl (C=O) groups is 2. The van der Waals surface area contributed by atoms with Crippen LogP contribution in [0.2, 0.25) is 0 Å². The third-order valence-corrected chi connectivity index (χ3v) is 3.32. The van der Waals surface area contributed by atoms with Crippen LogP contribution in [0.1, 0.15) is 47.5 Å². The Hall–Kier alpha value is -1.06. The molecule has 4 heteroatoms. The predicted octanol–water partition coefficient (Wildman–Crippen LogP) is 1.53. The molecule has 0 aromatic rings. The highest BCUT2D eigenvalue weighted by Gasteiger charge is 2.46. The fourth-order valence-corrected chi connectivity index (χ4v) is 2.46. The van der Waals surface area contributed by atoms with Crippen LogP contribution in [0.15, 0.2) is 0 Å². The smallest absolute Gasteiger partial charge is 0.240 e. The second kappa shape index (κ2) is 4.31. The van der Waals surface area contributed by atoms with Gasteiger partial charge in [-0.2, -0.15) is 0 Å². The van der Waals surface area contributed by atoms with Crippen molar-refractivity contribution in [3.63, 3.8) is 0 Å². The van der Waals surface area contributed by atoms with Crippen molar-refractivity contribution < 1.29 is 9.59 Å². The van der Waals surface area contributed by atoms with Crippen molar-refractivity contribution in [3.8, 4) is 0 Å². The molecular formula is C13H24N2O2. The molecule has 1 aliphatic heterocycles. The topological polar surface area (TPSA) is 63.4 Å². The largest absolute Gasteiger partial charge is 0.368 e. The van der Waals surface area contributed by atoms with Crippen LogP contribution in [-0.2, 0) is 9.59 Å². The summed E-state index contributed by atoms with van der Waals surface area (Å²) in [4.78, 5) is 25.4. The van der Waals surface area contributed by atoms with Crippen molar-refractivity contribution in [2.24, 2.45) is 16.6 Å². The maximum Gasteiger partial charge on any atom is 0.240 e. The molecule has 0 saturated carbocycles. The first-order valence-electron chi connectivity index (χ1n) is 6.13. The highest BCUT2D eigenvalue weighted by Crippen LogP contribution is 2.37. The van der Waals surface area contributed by atoms with Gasteiger partial charge in [0.15, 0.2) is 0 Å². The van der Waals surface area contributed by atoms with Crippen LogP contribution in [0.3, 0.4) is 0 Å². The Morgan fingerprint density at radius 3 is 2.29 bits per heavy atom. The first-order chi connectivity index (χ1) is 7.54. The van der Waals surface area contributed by atoms with Gasteiger partial charge in [0.2, 0.25) is 11.8 Å². The second-order valence-corrected chi connectivity index (χ2v) is 6.87. The first kappa shape index (κ1) is 14.0. The highest BCUT2D eigenvalue weighted by molar-refractivity contribution is 5.88. The molecule has 0 bridgehead atoms. The molecule has 17 heavy (non-hydrogen) atoms. The molecular weight excluding hydrogens is 216 g/mol. The van der Waals surface area contributed by atoms with Gasteiger partial charge < -0.3 is 10.6 Å². The SMILES string of the molecule is CC(C)(C)CC(=O)N1CCC(C)(C)[C@H]1C(N)=O. The lowest BCUT2D eigenvalue weighted by atomic mass is 9.84. The molecule has 1 atom stereocenters. The molecule has 2 amide bonds. The van der Waals surface area contributed by atoms with Crippen molar-refractivity contribution >= 4 is 11.8 Å². The summed E-state index contributed by atoms with van der Waals surface area (Å²) in [5.41, 5.74) is 5.16. The number of amides is 2. The molecule has 4 nitrogen and oxygen atoms in total. The molecule has 2 N–H and O–H groups in total. The average molecular weight is 240 g/mol. The zero-order valence-corrected chi connectivity index (χ0v) is 11.5. The number of nitrogens with zero attached hydrogens (tertiary/aromatic N) is 1. The fraction of sp³-hybridized carbons (Fsp3) is 0.846. The van der Waals surface area contributed by atoms with Gasteiger partial charge >= 0.3 is 0 Å². The predicted molar refractivity (Wildman–Crippen MR) is 67.2 cm³/mol. The number of hydrogen-bond donors (Lipinski definition) is 1.